The lowest BCUT2D eigenvalue weighted by molar-refractivity contribution is -0.125. The van der Waals surface area contributed by atoms with Crippen molar-refractivity contribution in [3.05, 3.63) is 23.8 Å². The van der Waals surface area contributed by atoms with Crippen LogP contribution in [0.25, 0.3) is 11.0 Å². The molecule has 1 heterocycles. The second-order valence-electron chi connectivity index (χ2n) is 6.89. The zero-order valence-electron chi connectivity index (χ0n) is 13.3. The van der Waals surface area contributed by atoms with E-state index < -0.39 is 23.3 Å². The number of alkyl halides is 2. The van der Waals surface area contributed by atoms with Crippen LogP contribution in [0.4, 0.5) is 8.78 Å². The molecule has 0 radical (unpaired) electrons. The molecule has 0 bridgehead atoms. The van der Waals surface area contributed by atoms with E-state index in [9.17, 15) is 18.4 Å². The largest absolute Gasteiger partial charge is 0.353 e. The number of aromatic nitrogens is 3. The number of fused-ring (bicyclic) bond motifs is 1. The van der Waals surface area contributed by atoms with Crippen LogP contribution in [0.5, 0.6) is 0 Å². The smallest absolute Gasteiger partial charge is 0.260 e. The Morgan fingerprint density at radius 2 is 1.96 bits per heavy atom. The van der Waals surface area contributed by atoms with E-state index in [1.165, 1.54) is 0 Å². The monoisotopic (exact) mass is 349 g/mol. The number of aromatic amines is 1. The molecule has 9 heteroatoms. The van der Waals surface area contributed by atoms with Crippen molar-refractivity contribution in [1.29, 1.82) is 0 Å². The molecule has 4 rings (SSSR count). The van der Waals surface area contributed by atoms with Crippen LogP contribution in [0.3, 0.4) is 0 Å². The topological polar surface area (TPSA) is 99.8 Å². The van der Waals surface area contributed by atoms with E-state index in [-0.39, 0.29) is 25.3 Å². The Hall–Kier alpha value is -2.58. The highest BCUT2D eigenvalue weighted by Crippen LogP contribution is 2.48. The number of carbonyl (C=O) groups excluding carboxylic acids is 2. The zero-order chi connectivity index (χ0) is 17.7. The van der Waals surface area contributed by atoms with Gasteiger partial charge in [-0.2, -0.15) is 15.4 Å². The summed E-state index contributed by atoms with van der Waals surface area (Å²) in [5, 5.41) is 15.9. The van der Waals surface area contributed by atoms with Crippen molar-refractivity contribution in [3.8, 4) is 0 Å². The van der Waals surface area contributed by atoms with Crippen molar-refractivity contribution in [3.63, 3.8) is 0 Å². The number of nitrogens with zero attached hydrogens (tertiary/aromatic N) is 2. The summed E-state index contributed by atoms with van der Waals surface area (Å²) in [7, 11) is 0. The van der Waals surface area contributed by atoms with Gasteiger partial charge in [0.15, 0.2) is 0 Å². The van der Waals surface area contributed by atoms with Gasteiger partial charge >= 0.3 is 0 Å². The Balaban J connectivity index is 1.30. The summed E-state index contributed by atoms with van der Waals surface area (Å²) in [5.74, 6) is -4.90. The number of amides is 2. The van der Waals surface area contributed by atoms with Crippen molar-refractivity contribution in [2.75, 3.05) is 6.54 Å². The Bertz CT molecular complexity index is 846. The third-order valence-corrected chi connectivity index (χ3v) is 4.75. The number of H-pyrrole nitrogens is 1. The molecule has 1 aromatic heterocycles. The second-order valence-corrected chi connectivity index (χ2v) is 6.89. The van der Waals surface area contributed by atoms with Gasteiger partial charge in [-0.1, -0.05) is 6.07 Å². The summed E-state index contributed by atoms with van der Waals surface area (Å²) >= 11 is 0. The maximum Gasteiger partial charge on any atom is 0.260 e. The molecule has 0 saturated heterocycles. The molecule has 1 aromatic carbocycles. The summed E-state index contributed by atoms with van der Waals surface area (Å²) in [5.41, 5.74) is 1.71. The van der Waals surface area contributed by atoms with Gasteiger partial charge in [0, 0.05) is 13.0 Å². The van der Waals surface area contributed by atoms with Crippen molar-refractivity contribution < 1.29 is 18.4 Å². The molecule has 0 aliphatic heterocycles. The minimum Gasteiger partial charge on any atom is -0.353 e. The van der Waals surface area contributed by atoms with Crippen LogP contribution in [0.15, 0.2) is 18.2 Å². The van der Waals surface area contributed by atoms with Crippen LogP contribution < -0.4 is 10.6 Å². The summed E-state index contributed by atoms with van der Waals surface area (Å²) < 4.78 is 25.8. The fraction of sp³-hybridized carbons (Fsp3) is 0.500. The van der Waals surface area contributed by atoms with Crippen LogP contribution in [-0.2, 0) is 16.0 Å². The summed E-state index contributed by atoms with van der Waals surface area (Å²) in [6, 6.07) is 5.38. The Labute approximate surface area is 141 Å². The molecule has 2 aromatic rings. The molecular weight excluding hydrogens is 332 g/mol. The number of carbonyl (C=O) groups is 2. The lowest BCUT2D eigenvalue weighted by Gasteiger charge is -2.18. The van der Waals surface area contributed by atoms with Gasteiger partial charge in [-0.15, -0.1) is 0 Å². The normalized spacial score (nSPS) is 22.4. The summed E-state index contributed by atoms with van der Waals surface area (Å²) in [6.45, 7) is 0.187. The Morgan fingerprint density at radius 3 is 2.64 bits per heavy atom. The van der Waals surface area contributed by atoms with Gasteiger partial charge in [0.2, 0.25) is 11.8 Å². The molecule has 2 fully saturated rings. The number of hydrogen-bond acceptors (Lipinski definition) is 4. The van der Waals surface area contributed by atoms with E-state index in [0.29, 0.717) is 5.52 Å². The van der Waals surface area contributed by atoms with Gasteiger partial charge in [-0.25, -0.2) is 8.78 Å². The minimum atomic E-state index is -2.87. The molecule has 2 amide bonds. The molecular formula is C16H17F2N5O2. The molecule has 0 spiro atoms. The van der Waals surface area contributed by atoms with E-state index in [1.807, 2.05) is 0 Å². The number of halogens is 2. The summed E-state index contributed by atoms with van der Waals surface area (Å²) in [6.07, 6.45) is 1.24. The average Bonchev–Trinajstić information content (AvgIpc) is 3.39. The molecule has 2 aliphatic rings. The molecule has 1 atom stereocenters. The van der Waals surface area contributed by atoms with E-state index in [1.54, 1.807) is 18.2 Å². The van der Waals surface area contributed by atoms with Gasteiger partial charge in [0.05, 0.1) is 12.0 Å². The zero-order valence-corrected chi connectivity index (χ0v) is 13.3. The second kappa shape index (κ2) is 5.47. The quantitative estimate of drug-likeness (QED) is 0.722. The van der Waals surface area contributed by atoms with Crippen molar-refractivity contribution in [1.82, 2.24) is 26.0 Å². The first kappa shape index (κ1) is 15.9. The van der Waals surface area contributed by atoms with E-state index in [4.69, 9.17) is 0 Å². The number of rotatable bonds is 6. The lowest BCUT2D eigenvalue weighted by atomic mass is 10.1. The standard InChI is InChI=1S/C16H17F2N5O2/c17-16(18)7-10(16)14(25)19-8-15(3-4-15)20-13(24)6-9-1-2-11-12(5-9)22-23-21-11/h1-2,5,10H,3-4,6-8H2,(H,19,25)(H,20,24)(H,21,22,23)/t10-/m0/s1. The van der Waals surface area contributed by atoms with Gasteiger partial charge in [-0.05, 0) is 30.5 Å². The maximum atomic E-state index is 12.9. The van der Waals surface area contributed by atoms with E-state index in [0.717, 1.165) is 23.9 Å². The predicted molar refractivity (Wildman–Crippen MR) is 83.8 cm³/mol. The van der Waals surface area contributed by atoms with Crippen LogP contribution in [0.2, 0.25) is 0 Å². The predicted octanol–water partition coefficient (Wildman–Crippen LogP) is 0.921. The highest BCUT2D eigenvalue weighted by Gasteiger charge is 2.61. The molecule has 7 nitrogen and oxygen atoms in total. The number of hydrogen-bond donors (Lipinski definition) is 3. The van der Waals surface area contributed by atoms with E-state index in [2.05, 4.69) is 26.0 Å². The van der Waals surface area contributed by atoms with Gasteiger partial charge < -0.3 is 10.6 Å². The molecule has 0 unspecified atom stereocenters. The molecule has 2 saturated carbocycles. The first-order valence-electron chi connectivity index (χ1n) is 8.13. The Morgan fingerprint density at radius 1 is 1.24 bits per heavy atom. The van der Waals surface area contributed by atoms with Gasteiger partial charge in [0.25, 0.3) is 5.92 Å². The highest BCUT2D eigenvalue weighted by molar-refractivity contribution is 5.84. The fourth-order valence-corrected chi connectivity index (χ4v) is 2.90. The van der Waals surface area contributed by atoms with Crippen LogP contribution >= 0.6 is 0 Å². The van der Waals surface area contributed by atoms with Gasteiger partial charge in [0.1, 0.15) is 17.0 Å². The first-order chi connectivity index (χ1) is 11.9. The van der Waals surface area contributed by atoms with E-state index >= 15 is 0 Å². The fourth-order valence-electron chi connectivity index (χ4n) is 2.90. The maximum absolute atomic E-state index is 12.9. The van der Waals surface area contributed by atoms with Crippen molar-refractivity contribution in [2.24, 2.45) is 5.92 Å². The number of nitrogens with one attached hydrogen (secondary N) is 3. The summed E-state index contributed by atoms with van der Waals surface area (Å²) in [4.78, 5) is 23.9. The van der Waals surface area contributed by atoms with Crippen LogP contribution in [-0.4, -0.2) is 45.2 Å². The van der Waals surface area contributed by atoms with Crippen LogP contribution in [0.1, 0.15) is 24.8 Å². The molecule has 132 valence electrons. The molecule has 25 heavy (non-hydrogen) atoms. The lowest BCUT2D eigenvalue weighted by Crippen LogP contribution is -2.46. The molecule has 3 N–H and O–H groups in total. The third-order valence-electron chi connectivity index (χ3n) is 4.75. The first-order valence-corrected chi connectivity index (χ1v) is 8.13. The van der Waals surface area contributed by atoms with Crippen molar-refractivity contribution in [2.45, 2.75) is 37.1 Å². The van der Waals surface area contributed by atoms with Crippen molar-refractivity contribution >= 4 is 22.8 Å². The third kappa shape index (κ3) is 3.31. The highest BCUT2D eigenvalue weighted by atomic mass is 19.3. The minimum absolute atomic E-state index is 0.175. The molecule has 2 aliphatic carbocycles. The van der Waals surface area contributed by atoms with Crippen LogP contribution in [0, 0.1) is 5.92 Å². The average molecular weight is 349 g/mol. The Kier molecular flexibility index (Phi) is 3.48. The van der Waals surface area contributed by atoms with Gasteiger partial charge in [-0.3, -0.25) is 9.59 Å². The number of benzene rings is 1. The SMILES string of the molecule is O=C(Cc1ccc2n[nH]nc2c1)NC1(CNC(=O)[C@@H]2CC2(F)F)CC1.